The van der Waals surface area contributed by atoms with E-state index in [2.05, 4.69) is 170 Å². The normalized spacial score (nSPS) is 13.5. The number of amides is 8. The van der Waals surface area contributed by atoms with Gasteiger partial charge >= 0.3 is 18.9 Å². The Labute approximate surface area is 700 Å². The largest absolute Gasteiger partial charge is 1.00 e. The van der Waals surface area contributed by atoms with Crippen molar-refractivity contribution in [3.63, 3.8) is 0 Å². The maximum atomic E-state index is 14.2. The zero-order chi connectivity index (χ0) is 79.3. The molecule has 0 aromatic heterocycles. The van der Waals surface area contributed by atoms with E-state index in [-0.39, 0.29) is 93.0 Å². The number of fused-ring (bicyclic) bond motifs is 4. The van der Waals surface area contributed by atoms with Crippen molar-refractivity contribution >= 4 is 137 Å². The van der Waals surface area contributed by atoms with Gasteiger partial charge in [0.15, 0.2) is 0 Å². The summed E-state index contributed by atoms with van der Waals surface area (Å²) >= 11 is 0. The first-order valence-electron chi connectivity index (χ1n) is 37.4. The first kappa shape index (κ1) is 79.7. The molecule has 15 nitrogen and oxygen atoms in total. The molecule has 4 heterocycles. The van der Waals surface area contributed by atoms with Crippen LogP contribution < -0.4 is 97.9 Å². The van der Waals surface area contributed by atoms with E-state index in [1.165, 1.54) is 58.7 Å². The number of hydrogen-bond donors (Lipinski definition) is 1. The smallest absolute Gasteiger partial charge is 1.00 e. The van der Waals surface area contributed by atoms with Gasteiger partial charge in [0.05, 0.1) is 72.2 Å². The summed E-state index contributed by atoms with van der Waals surface area (Å²) in [5.74, 6) is -3.24. The second-order valence-corrected chi connectivity index (χ2v) is 36.7. The van der Waals surface area contributed by atoms with Crippen molar-refractivity contribution in [3.8, 4) is 0 Å². The Hall–Kier alpha value is -12.5. The van der Waals surface area contributed by atoms with Crippen LogP contribution in [0.5, 0.6) is 0 Å². The van der Waals surface area contributed by atoms with Gasteiger partial charge in [-0.15, -0.1) is 0 Å². The summed E-state index contributed by atoms with van der Waals surface area (Å²) in [6, 6.07) is 112. The SMILES string of the molecule is Cc1ccc(N2C(=O)c3ccc(CCc4ccc5c(c4)C(=O)N(c4ccc(S(=O)(=O)O)cc4)C5=O)cc3C2=O)cc1.O=C1c2ccc(CCc3ccc4c(c3)C(=O)N(c3ccc([P+](c5ccccc5)(c5ccccc5)c5ccccc5)cc3)C4=O)cc2C(=O)N1c1ccc([P+](c2ccccc2)(c2ccccc2)c2ccccc2)cc1.[Br-].[Li+]. The van der Waals surface area contributed by atoms with Gasteiger partial charge in [0.2, 0.25) is 0 Å². The summed E-state index contributed by atoms with van der Waals surface area (Å²) in [4.78, 5) is 113. The number of rotatable bonds is 19. The molecule has 14 aromatic rings. The Morgan fingerprint density at radius 1 is 0.248 bits per heavy atom. The third-order valence-corrected chi connectivity index (χ3v) is 31.2. The van der Waals surface area contributed by atoms with Crippen LogP contribution in [0.3, 0.4) is 0 Å². The van der Waals surface area contributed by atoms with Gasteiger partial charge in [-0.25, -0.2) is 19.6 Å². The molecule has 4 aliphatic rings. The van der Waals surface area contributed by atoms with Crippen LogP contribution in [0.1, 0.15) is 111 Å². The van der Waals surface area contributed by atoms with Crippen LogP contribution in [0.4, 0.5) is 22.7 Å². The van der Waals surface area contributed by atoms with Gasteiger partial charge in [-0.05, 0) is 261 Å². The van der Waals surface area contributed by atoms with E-state index in [9.17, 15) is 51.3 Å². The molecule has 0 bridgehead atoms. The summed E-state index contributed by atoms with van der Waals surface area (Å²) in [6.45, 7) is 1.93. The van der Waals surface area contributed by atoms with Crippen LogP contribution >= 0.6 is 14.5 Å². The average Bonchev–Trinajstić information content (AvgIpc) is 1.71. The number of anilines is 4. The quantitative estimate of drug-likeness (QED) is 0.0350. The minimum absolute atomic E-state index is 0. The molecule has 0 spiro atoms. The van der Waals surface area contributed by atoms with Crippen molar-refractivity contribution in [2.45, 2.75) is 37.5 Å². The van der Waals surface area contributed by atoms with Crippen LogP contribution in [0.25, 0.3) is 0 Å². The van der Waals surface area contributed by atoms with Crippen LogP contribution in [-0.2, 0) is 35.8 Å². The Kier molecular flexibility index (Phi) is 22.5. The van der Waals surface area contributed by atoms with E-state index in [0.29, 0.717) is 76.1 Å². The van der Waals surface area contributed by atoms with Crippen LogP contribution in [0.15, 0.2) is 357 Å². The van der Waals surface area contributed by atoms with Crippen molar-refractivity contribution in [1.29, 1.82) is 0 Å². The summed E-state index contributed by atoms with van der Waals surface area (Å²) in [6.07, 6.45) is 2.14. The molecule has 1 N–H and O–H groups in total. The second kappa shape index (κ2) is 33.0. The fraction of sp³-hybridized carbons (Fsp3) is 0.0515. The Balaban J connectivity index is 0.000000211. The van der Waals surface area contributed by atoms with Gasteiger partial charge in [0.1, 0.15) is 57.0 Å². The number of halogens is 1. The number of carbonyl (C=O) groups excluding carboxylic acids is 8. The average molecular weight is 1650 g/mol. The standard InChI is InChI=1S/C66H48N2O4P2.C31H22N2O7S.BrH.Li/c69-63-59-43-33-47(45-61(59)65(71)67(63)49-35-39-57(40-36-49)73(51-19-7-1-8-20-51,52-21-9-2-10-22-52)53-23-11-3-12-24-53)31-32-48-34-44-60-62(46-48)66(72)68(64(60)70)50-37-41-58(42-38-50)74(54-25-13-4-14-26-54,55-27-15-5-16-28-55)56-29-17-6-18-30-56;1-18-2-8-21(9-3-18)32-28(34)24-14-6-19(16-26(24)30(32)36)4-5-20-7-15-25-27(17-20)31(37)33(29(25)35)22-10-12-23(13-11-22)41(38,39)40;;/h1-30,33-46H,31-32H2;2-3,6-17H,4-5H2,1H3,(H,38,39,40);1H;/q+2;;;+1/p-1. The minimum Gasteiger partial charge on any atom is -1.00 e. The van der Waals surface area contributed by atoms with Crippen molar-refractivity contribution < 1.29 is 87.2 Å². The van der Waals surface area contributed by atoms with Gasteiger partial charge < -0.3 is 17.0 Å². The summed E-state index contributed by atoms with van der Waals surface area (Å²) < 4.78 is 31.8. The van der Waals surface area contributed by atoms with Crippen molar-refractivity contribution in [2.24, 2.45) is 0 Å². The minimum atomic E-state index is -4.41. The van der Waals surface area contributed by atoms with Gasteiger partial charge in [0.25, 0.3) is 57.4 Å². The number of nitrogens with zero attached hydrogens (tertiary/aromatic N) is 4. The van der Waals surface area contributed by atoms with Gasteiger partial charge in [-0.1, -0.05) is 151 Å². The summed E-state index contributed by atoms with van der Waals surface area (Å²) in [5, 5.41) is 9.45. The monoisotopic (exact) mass is 1650 g/mol. The number of imide groups is 4. The van der Waals surface area contributed by atoms with E-state index < -0.39 is 36.5 Å². The summed E-state index contributed by atoms with van der Waals surface area (Å²) in [7, 11) is -9.16. The Morgan fingerprint density at radius 2 is 0.436 bits per heavy atom. The molecular formula is C97H70BrLiN4O11P2S+2. The number of carbonyl (C=O) groups is 8. The molecule has 0 saturated heterocycles. The van der Waals surface area contributed by atoms with E-state index >= 15 is 0 Å². The summed E-state index contributed by atoms with van der Waals surface area (Å²) in [5.41, 5.74) is 8.78. The molecule has 14 aromatic carbocycles. The van der Waals surface area contributed by atoms with Crippen molar-refractivity contribution in [1.82, 2.24) is 0 Å². The van der Waals surface area contributed by atoms with Crippen molar-refractivity contribution in [3.05, 3.63) is 424 Å². The molecule has 20 heteroatoms. The molecule has 0 atom stereocenters. The van der Waals surface area contributed by atoms with Gasteiger partial charge in [-0.3, -0.25) is 42.9 Å². The van der Waals surface area contributed by atoms with E-state index in [4.69, 9.17) is 0 Å². The molecule has 0 radical (unpaired) electrons. The molecule has 18 rings (SSSR count). The zero-order valence-electron chi connectivity index (χ0n) is 63.3. The molecule has 8 amide bonds. The first-order chi connectivity index (χ1) is 55.9. The topological polar surface area (TPSA) is 204 Å². The maximum Gasteiger partial charge on any atom is 1.00 e. The number of benzene rings is 14. The molecular weight excluding hydrogens is 1580 g/mol. The van der Waals surface area contributed by atoms with Gasteiger partial charge in [0, 0.05) is 0 Å². The van der Waals surface area contributed by atoms with Crippen LogP contribution in [0.2, 0.25) is 0 Å². The fourth-order valence-electron chi connectivity index (χ4n) is 16.1. The molecule has 566 valence electrons. The third-order valence-electron chi connectivity index (χ3n) is 21.7. The van der Waals surface area contributed by atoms with E-state index in [0.717, 1.165) is 55.5 Å². The van der Waals surface area contributed by atoms with E-state index in [1.54, 1.807) is 54.6 Å². The van der Waals surface area contributed by atoms with Crippen LogP contribution in [-0.4, -0.2) is 60.2 Å². The molecule has 0 fully saturated rings. The third kappa shape index (κ3) is 14.5. The molecule has 0 aliphatic carbocycles. The van der Waals surface area contributed by atoms with Gasteiger partial charge in [-0.2, -0.15) is 8.42 Å². The molecule has 0 unspecified atom stereocenters. The Morgan fingerprint density at radius 3 is 0.650 bits per heavy atom. The second-order valence-electron chi connectivity index (χ2n) is 28.5. The van der Waals surface area contributed by atoms with Crippen LogP contribution in [0, 0.1) is 6.92 Å². The molecule has 0 saturated carbocycles. The first-order valence-corrected chi connectivity index (χ1v) is 42.5. The van der Waals surface area contributed by atoms with Crippen molar-refractivity contribution in [2.75, 3.05) is 19.6 Å². The number of hydrogen-bond acceptors (Lipinski definition) is 10. The maximum absolute atomic E-state index is 14.2. The zero-order valence-corrected chi connectivity index (χ0v) is 67.5. The fourth-order valence-corrected chi connectivity index (χ4v) is 25.1. The van der Waals surface area contributed by atoms with E-state index in [1.807, 2.05) is 110 Å². The number of aryl methyl sites for hydroxylation is 5. The molecule has 4 aliphatic heterocycles. The molecule has 117 heavy (non-hydrogen) atoms. The predicted molar refractivity (Wildman–Crippen MR) is 455 cm³/mol. The predicted octanol–water partition coefficient (Wildman–Crippen LogP) is 8.95. The Bertz CT molecular complexity index is 5940.